The minimum atomic E-state index is -0.210. The van der Waals surface area contributed by atoms with Crippen molar-refractivity contribution in [2.45, 2.75) is 13.0 Å². The fourth-order valence-corrected chi connectivity index (χ4v) is 3.44. The molecule has 3 heteroatoms. The first-order valence-electron chi connectivity index (χ1n) is 8.36. The summed E-state index contributed by atoms with van der Waals surface area (Å²) in [7, 11) is 1.43. The Morgan fingerprint density at radius 1 is 0.920 bits per heavy atom. The molecule has 25 heavy (non-hydrogen) atoms. The minimum Gasteiger partial charge on any atom is -0.469 e. The van der Waals surface area contributed by atoms with Crippen LogP contribution in [0.3, 0.4) is 0 Å². The number of ether oxygens (including phenoxy) is 1. The third kappa shape index (κ3) is 2.89. The van der Waals surface area contributed by atoms with Crippen molar-refractivity contribution in [1.82, 2.24) is 4.57 Å². The highest BCUT2D eigenvalue weighted by molar-refractivity contribution is 6.07. The zero-order chi connectivity index (χ0) is 17.2. The lowest BCUT2D eigenvalue weighted by Gasteiger charge is -2.11. The Morgan fingerprint density at radius 2 is 1.64 bits per heavy atom. The van der Waals surface area contributed by atoms with Gasteiger partial charge in [0, 0.05) is 24.5 Å². The summed E-state index contributed by atoms with van der Waals surface area (Å²) in [6, 6.07) is 20.8. The summed E-state index contributed by atoms with van der Waals surface area (Å²) < 4.78 is 7.07. The molecule has 0 radical (unpaired) electrons. The molecule has 1 aliphatic carbocycles. The zero-order valence-corrected chi connectivity index (χ0v) is 14.1. The van der Waals surface area contributed by atoms with Crippen molar-refractivity contribution in [3.05, 3.63) is 84.2 Å². The molecule has 124 valence electrons. The summed E-state index contributed by atoms with van der Waals surface area (Å²) in [4.78, 5) is 11.8. The number of rotatable bonds is 4. The van der Waals surface area contributed by atoms with Crippen LogP contribution in [-0.4, -0.2) is 17.6 Å². The molecule has 0 unspecified atom stereocenters. The number of methoxy groups -OCH3 is 1. The zero-order valence-electron chi connectivity index (χ0n) is 14.1. The van der Waals surface area contributed by atoms with E-state index in [4.69, 9.17) is 4.74 Å². The number of esters is 1. The lowest BCUT2D eigenvalue weighted by atomic mass is 10.1. The molecule has 2 aliphatic rings. The minimum absolute atomic E-state index is 0.210. The van der Waals surface area contributed by atoms with Gasteiger partial charge in [0.2, 0.25) is 0 Å². The topological polar surface area (TPSA) is 31.2 Å². The number of pyridine rings is 1. The summed E-state index contributed by atoms with van der Waals surface area (Å²) >= 11 is 0. The van der Waals surface area contributed by atoms with E-state index >= 15 is 0 Å². The van der Waals surface area contributed by atoms with E-state index in [1.807, 2.05) is 18.2 Å². The van der Waals surface area contributed by atoms with E-state index in [9.17, 15) is 4.79 Å². The first kappa shape index (κ1) is 15.5. The van der Waals surface area contributed by atoms with Crippen LogP contribution >= 0.6 is 0 Å². The molecule has 0 fully saturated rings. The van der Waals surface area contributed by atoms with Crippen LogP contribution in [0.4, 0.5) is 0 Å². The Bertz CT molecular complexity index is 1000. The van der Waals surface area contributed by atoms with Gasteiger partial charge in [-0.2, -0.15) is 0 Å². The van der Waals surface area contributed by atoms with Crippen LogP contribution in [-0.2, 0) is 22.5 Å². The quantitative estimate of drug-likeness (QED) is 0.516. The summed E-state index contributed by atoms with van der Waals surface area (Å²) in [5.41, 5.74) is 4.60. The second kappa shape index (κ2) is 6.44. The Hall–Kier alpha value is -3.07. The monoisotopic (exact) mass is 329 g/mol. The molecule has 3 nitrogen and oxygen atoms in total. The molecule has 0 saturated carbocycles. The summed E-state index contributed by atoms with van der Waals surface area (Å²) in [5, 5.41) is 2.30. The van der Waals surface area contributed by atoms with Crippen molar-refractivity contribution in [3.8, 4) is 11.1 Å². The van der Waals surface area contributed by atoms with E-state index in [0.29, 0.717) is 6.42 Å². The molecule has 0 atom stereocenters. The standard InChI is InChI=1S/C22H19NO2/c1-25-22(24)13-20-17-9-5-6-10-18(17)21-15-23(12-11-19(20)21)14-16-7-3-2-4-8-16/h2-12,15H,13-14H2,1H3. The van der Waals surface area contributed by atoms with Crippen molar-refractivity contribution < 1.29 is 9.53 Å². The van der Waals surface area contributed by atoms with Crippen molar-refractivity contribution >= 4 is 16.7 Å². The number of fused-ring (bicyclic) bond motifs is 3. The molecule has 0 aromatic heterocycles. The van der Waals surface area contributed by atoms with Crippen LogP contribution in [0.15, 0.2) is 73.1 Å². The number of carbonyl (C=O) groups is 1. The maximum absolute atomic E-state index is 11.8. The third-order valence-electron chi connectivity index (χ3n) is 4.64. The van der Waals surface area contributed by atoms with E-state index in [-0.39, 0.29) is 5.97 Å². The Balaban J connectivity index is 1.83. The lowest BCUT2D eigenvalue weighted by molar-refractivity contribution is -0.139. The van der Waals surface area contributed by atoms with Gasteiger partial charge in [0.25, 0.3) is 0 Å². The molecule has 4 rings (SSSR count). The van der Waals surface area contributed by atoms with Gasteiger partial charge in [-0.25, -0.2) is 0 Å². The molecule has 0 amide bonds. The molecule has 2 aromatic rings. The molecule has 0 N–H and O–H groups in total. The number of benzene rings is 2. The van der Waals surface area contributed by atoms with Crippen LogP contribution < -0.4 is 0 Å². The number of hydrogen-bond acceptors (Lipinski definition) is 2. The fourth-order valence-electron chi connectivity index (χ4n) is 3.44. The molecule has 0 saturated heterocycles. The Labute approximate surface area is 146 Å². The van der Waals surface area contributed by atoms with Crippen molar-refractivity contribution in [2.75, 3.05) is 7.11 Å². The number of aromatic nitrogens is 1. The van der Waals surface area contributed by atoms with Crippen LogP contribution in [0.2, 0.25) is 0 Å². The van der Waals surface area contributed by atoms with E-state index in [2.05, 4.69) is 59.4 Å². The number of carbonyl (C=O) groups excluding carboxylic acids is 1. The first-order chi connectivity index (χ1) is 12.3. The van der Waals surface area contributed by atoms with Crippen LogP contribution in [0.1, 0.15) is 11.1 Å². The van der Waals surface area contributed by atoms with Gasteiger partial charge in [-0.05, 0) is 33.5 Å². The van der Waals surface area contributed by atoms with Gasteiger partial charge in [-0.15, -0.1) is 0 Å². The predicted molar refractivity (Wildman–Crippen MR) is 99.8 cm³/mol. The lowest BCUT2D eigenvalue weighted by Crippen LogP contribution is -2.05. The molecule has 1 aliphatic heterocycles. The first-order valence-corrected chi connectivity index (χ1v) is 8.36. The summed E-state index contributed by atoms with van der Waals surface area (Å²) in [5.74, 6) is -0.210. The Morgan fingerprint density at radius 3 is 2.40 bits per heavy atom. The normalized spacial score (nSPS) is 11.1. The molecule has 0 spiro atoms. The Kier molecular flexibility index (Phi) is 3.98. The molecule has 0 bridgehead atoms. The highest BCUT2D eigenvalue weighted by atomic mass is 16.5. The van der Waals surface area contributed by atoms with Crippen LogP contribution in [0.5, 0.6) is 0 Å². The predicted octanol–water partition coefficient (Wildman–Crippen LogP) is 4.51. The van der Waals surface area contributed by atoms with Gasteiger partial charge < -0.3 is 9.30 Å². The van der Waals surface area contributed by atoms with Gasteiger partial charge >= 0.3 is 5.97 Å². The van der Waals surface area contributed by atoms with Crippen LogP contribution in [0, 0.1) is 0 Å². The summed E-state index contributed by atoms with van der Waals surface area (Å²) in [6.07, 6.45) is 4.55. The van der Waals surface area contributed by atoms with Gasteiger partial charge in [-0.3, -0.25) is 4.79 Å². The third-order valence-corrected chi connectivity index (χ3v) is 4.64. The molecule has 1 heterocycles. The largest absolute Gasteiger partial charge is 0.469 e. The van der Waals surface area contributed by atoms with Crippen molar-refractivity contribution in [1.29, 1.82) is 0 Å². The fraction of sp³-hybridized carbons (Fsp3) is 0.136. The van der Waals surface area contributed by atoms with Gasteiger partial charge in [0.15, 0.2) is 0 Å². The average molecular weight is 329 g/mol. The van der Waals surface area contributed by atoms with E-state index in [1.54, 1.807) is 0 Å². The van der Waals surface area contributed by atoms with Crippen molar-refractivity contribution in [3.63, 3.8) is 0 Å². The molecule has 2 aromatic carbocycles. The van der Waals surface area contributed by atoms with Crippen molar-refractivity contribution in [2.24, 2.45) is 0 Å². The number of hydrogen-bond donors (Lipinski definition) is 0. The second-order valence-corrected chi connectivity index (χ2v) is 6.21. The molecular weight excluding hydrogens is 310 g/mol. The highest BCUT2D eigenvalue weighted by Gasteiger charge is 2.19. The summed E-state index contributed by atoms with van der Waals surface area (Å²) in [6.45, 7) is 0.822. The van der Waals surface area contributed by atoms with E-state index in [0.717, 1.165) is 23.1 Å². The average Bonchev–Trinajstić information content (AvgIpc) is 2.96. The van der Waals surface area contributed by atoms with E-state index in [1.165, 1.54) is 23.6 Å². The van der Waals surface area contributed by atoms with Gasteiger partial charge in [-0.1, -0.05) is 54.6 Å². The van der Waals surface area contributed by atoms with Crippen LogP contribution in [0.25, 0.3) is 21.9 Å². The molecular formula is C22H19NO2. The van der Waals surface area contributed by atoms with Gasteiger partial charge in [0.05, 0.1) is 13.5 Å². The second-order valence-electron chi connectivity index (χ2n) is 6.21. The maximum atomic E-state index is 11.8. The maximum Gasteiger partial charge on any atom is 0.310 e. The number of nitrogens with zero attached hydrogens (tertiary/aromatic N) is 1. The SMILES string of the molecule is COC(=O)Cc1c2ccn(Cc3ccccc3)cc-2c2ccccc12. The van der Waals surface area contributed by atoms with Gasteiger partial charge in [0.1, 0.15) is 0 Å². The van der Waals surface area contributed by atoms with E-state index < -0.39 is 0 Å². The highest BCUT2D eigenvalue weighted by Crippen LogP contribution is 2.39. The smallest absolute Gasteiger partial charge is 0.310 e.